The number of nitrogens with zero attached hydrogens (tertiary/aromatic N) is 1. The van der Waals surface area contributed by atoms with Crippen molar-refractivity contribution in [1.29, 1.82) is 0 Å². The molecule has 0 bridgehead atoms. The normalized spacial score (nSPS) is 11.3. The number of aromatic nitrogens is 1. The van der Waals surface area contributed by atoms with Crippen LogP contribution in [0, 0.1) is 0 Å². The van der Waals surface area contributed by atoms with Crippen LogP contribution in [0.25, 0.3) is 0 Å². The van der Waals surface area contributed by atoms with Crippen LogP contribution in [0.5, 0.6) is 0 Å². The molecule has 0 aliphatic carbocycles. The summed E-state index contributed by atoms with van der Waals surface area (Å²) in [6, 6.07) is 3.75. The molecular weight excluding hydrogens is 334 g/mol. The molecule has 0 unspecified atom stereocenters. The van der Waals surface area contributed by atoms with E-state index in [1.165, 1.54) is 23.5 Å². The molecule has 1 amide bonds. The first-order valence-corrected chi connectivity index (χ1v) is 8.67. The van der Waals surface area contributed by atoms with Gasteiger partial charge in [-0.2, -0.15) is 0 Å². The van der Waals surface area contributed by atoms with E-state index in [4.69, 9.17) is 16.7 Å². The number of hydrogen-bond acceptors (Lipinski definition) is 5. The number of benzene rings is 1. The maximum atomic E-state index is 12.0. The lowest BCUT2D eigenvalue weighted by Gasteiger charge is -2.07. The van der Waals surface area contributed by atoms with Crippen LogP contribution in [0.15, 0.2) is 34.7 Å². The Morgan fingerprint density at radius 3 is 2.81 bits per heavy atom. The topological polar surface area (TPSA) is 102 Å². The molecule has 1 aromatic carbocycles. The summed E-state index contributed by atoms with van der Waals surface area (Å²) >= 11 is 7.41. The Bertz CT molecular complexity index is 745. The SMILES string of the molecule is NS(=O)(=O)c1ccc(Cl)c(C(=O)NCCc2nccs2)c1. The number of sulfonamides is 1. The number of amides is 1. The van der Waals surface area contributed by atoms with Gasteiger partial charge in [-0.25, -0.2) is 18.5 Å². The summed E-state index contributed by atoms with van der Waals surface area (Å²) in [5, 5.41) is 10.6. The Kier molecular flexibility index (Phi) is 4.94. The Hall–Kier alpha value is -1.48. The van der Waals surface area contributed by atoms with E-state index in [0.717, 1.165) is 11.1 Å². The van der Waals surface area contributed by atoms with E-state index in [1.54, 1.807) is 6.20 Å². The number of primary sulfonamides is 1. The summed E-state index contributed by atoms with van der Waals surface area (Å²) in [7, 11) is -3.88. The summed E-state index contributed by atoms with van der Waals surface area (Å²) in [6.45, 7) is 0.377. The molecule has 3 N–H and O–H groups in total. The van der Waals surface area contributed by atoms with Crippen molar-refractivity contribution in [3.05, 3.63) is 45.4 Å². The average Bonchev–Trinajstić information content (AvgIpc) is 2.91. The van der Waals surface area contributed by atoms with Crippen LogP contribution in [0.2, 0.25) is 5.02 Å². The number of halogens is 1. The van der Waals surface area contributed by atoms with Crippen molar-refractivity contribution in [2.75, 3.05) is 6.54 Å². The zero-order valence-corrected chi connectivity index (χ0v) is 13.1. The molecule has 0 saturated carbocycles. The van der Waals surface area contributed by atoms with Crippen LogP contribution in [-0.2, 0) is 16.4 Å². The Morgan fingerprint density at radius 2 is 2.19 bits per heavy atom. The van der Waals surface area contributed by atoms with Gasteiger partial charge in [-0.15, -0.1) is 11.3 Å². The van der Waals surface area contributed by atoms with Gasteiger partial charge in [0.05, 0.1) is 20.5 Å². The van der Waals surface area contributed by atoms with E-state index in [9.17, 15) is 13.2 Å². The second-order valence-corrected chi connectivity index (χ2v) is 7.07. The van der Waals surface area contributed by atoms with Crippen molar-refractivity contribution >= 4 is 38.9 Å². The fourth-order valence-electron chi connectivity index (χ4n) is 1.61. The Labute approximate surface area is 131 Å². The number of carbonyl (C=O) groups is 1. The van der Waals surface area contributed by atoms with Crippen molar-refractivity contribution in [1.82, 2.24) is 10.3 Å². The molecule has 0 fully saturated rings. The molecule has 0 saturated heterocycles. The number of nitrogens with two attached hydrogens (primary N) is 1. The van der Waals surface area contributed by atoms with E-state index in [-0.39, 0.29) is 15.5 Å². The highest BCUT2D eigenvalue weighted by Gasteiger charge is 2.15. The number of rotatable bonds is 5. The molecule has 6 nitrogen and oxygen atoms in total. The summed E-state index contributed by atoms with van der Waals surface area (Å²) in [5.74, 6) is -0.456. The third kappa shape index (κ3) is 4.24. The maximum Gasteiger partial charge on any atom is 0.252 e. The summed E-state index contributed by atoms with van der Waals surface area (Å²) in [6.07, 6.45) is 2.28. The van der Waals surface area contributed by atoms with Gasteiger partial charge >= 0.3 is 0 Å². The highest BCUT2D eigenvalue weighted by molar-refractivity contribution is 7.89. The molecule has 1 heterocycles. The van der Waals surface area contributed by atoms with Gasteiger partial charge in [-0.3, -0.25) is 4.79 Å². The van der Waals surface area contributed by atoms with Crippen LogP contribution < -0.4 is 10.5 Å². The quantitative estimate of drug-likeness (QED) is 0.855. The van der Waals surface area contributed by atoms with Gasteiger partial charge in [0.15, 0.2) is 0 Å². The van der Waals surface area contributed by atoms with Crippen LogP contribution in [-0.4, -0.2) is 25.9 Å². The van der Waals surface area contributed by atoms with Gasteiger partial charge in [0.1, 0.15) is 0 Å². The van der Waals surface area contributed by atoms with Crippen molar-refractivity contribution in [3.63, 3.8) is 0 Å². The molecular formula is C12H12ClN3O3S2. The molecule has 0 spiro atoms. The van der Waals surface area contributed by atoms with Crippen LogP contribution >= 0.6 is 22.9 Å². The molecule has 0 radical (unpaired) electrons. The van der Waals surface area contributed by atoms with Gasteiger partial charge < -0.3 is 5.32 Å². The van der Waals surface area contributed by atoms with Gasteiger partial charge in [-0.1, -0.05) is 11.6 Å². The molecule has 0 atom stereocenters. The minimum Gasteiger partial charge on any atom is -0.352 e. The molecule has 1 aromatic heterocycles. The van der Waals surface area contributed by atoms with Crippen LogP contribution in [0.1, 0.15) is 15.4 Å². The fraction of sp³-hybridized carbons (Fsp3) is 0.167. The standard InChI is InChI=1S/C12H12ClN3O3S2/c13-10-2-1-8(21(14,18)19)7-9(10)12(17)16-4-3-11-15-5-6-20-11/h1-2,5-7H,3-4H2,(H,16,17)(H2,14,18,19). The summed E-state index contributed by atoms with van der Waals surface area (Å²) in [5.41, 5.74) is 0.0716. The minimum absolute atomic E-state index is 0.0716. The smallest absolute Gasteiger partial charge is 0.252 e. The largest absolute Gasteiger partial charge is 0.352 e. The molecule has 2 rings (SSSR count). The molecule has 112 valence electrons. The molecule has 9 heteroatoms. The number of carbonyl (C=O) groups excluding carboxylic acids is 1. The highest BCUT2D eigenvalue weighted by atomic mass is 35.5. The van der Waals surface area contributed by atoms with E-state index in [2.05, 4.69) is 10.3 Å². The first-order valence-electron chi connectivity index (χ1n) is 5.87. The zero-order valence-electron chi connectivity index (χ0n) is 10.7. The second-order valence-electron chi connectivity index (χ2n) is 4.12. The van der Waals surface area contributed by atoms with E-state index in [1.807, 2.05) is 5.38 Å². The van der Waals surface area contributed by atoms with Crippen LogP contribution in [0.3, 0.4) is 0 Å². The van der Waals surface area contributed by atoms with Crippen LogP contribution in [0.4, 0.5) is 0 Å². The van der Waals surface area contributed by atoms with Gasteiger partial charge in [0, 0.05) is 24.5 Å². The highest BCUT2D eigenvalue weighted by Crippen LogP contribution is 2.19. The maximum absolute atomic E-state index is 12.0. The second kappa shape index (κ2) is 6.52. The van der Waals surface area contributed by atoms with E-state index >= 15 is 0 Å². The van der Waals surface area contributed by atoms with E-state index < -0.39 is 15.9 Å². The monoisotopic (exact) mass is 345 g/mol. The van der Waals surface area contributed by atoms with Gasteiger partial charge in [-0.05, 0) is 18.2 Å². The summed E-state index contributed by atoms with van der Waals surface area (Å²) in [4.78, 5) is 16.0. The molecule has 0 aliphatic heterocycles. The third-order valence-electron chi connectivity index (χ3n) is 2.62. The van der Waals surface area contributed by atoms with E-state index in [0.29, 0.717) is 13.0 Å². The van der Waals surface area contributed by atoms with Gasteiger partial charge in [0.25, 0.3) is 5.91 Å². The minimum atomic E-state index is -3.88. The van der Waals surface area contributed by atoms with Crippen molar-refractivity contribution in [2.45, 2.75) is 11.3 Å². The Balaban J connectivity index is 2.08. The van der Waals surface area contributed by atoms with Gasteiger partial charge in [0.2, 0.25) is 10.0 Å². The first-order chi connectivity index (χ1) is 9.88. The first kappa shape index (κ1) is 15.9. The average molecular weight is 346 g/mol. The summed E-state index contributed by atoms with van der Waals surface area (Å²) < 4.78 is 22.6. The number of thiazole rings is 1. The van der Waals surface area contributed by atoms with Crippen molar-refractivity contribution in [2.24, 2.45) is 5.14 Å². The van der Waals surface area contributed by atoms with Crippen molar-refractivity contribution < 1.29 is 13.2 Å². The predicted molar refractivity (Wildman–Crippen MR) is 81.0 cm³/mol. The number of nitrogens with one attached hydrogen (secondary N) is 1. The molecule has 0 aliphatic rings. The lowest BCUT2D eigenvalue weighted by atomic mass is 10.2. The third-order valence-corrected chi connectivity index (χ3v) is 4.70. The predicted octanol–water partition coefficient (Wildman–Crippen LogP) is 1.42. The fourth-order valence-corrected chi connectivity index (χ4v) is 2.97. The molecule has 2 aromatic rings. The Morgan fingerprint density at radius 1 is 1.43 bits per heavy atom. The zero-order chi connectivity index (χ0) is 15.5. The number of hydrogen-bond donors (Lipinski definition) is 2. The lowest BCUT2D eigenvalue weighted by Crippen LogP contribution is -2.26. The van der Waals surface area contributed by atoms with Crippen molar-refractivity contribution in [3.8, 4) is 0 Å². The molecule has 21 heavy (non-hydrogen) atoms. The lowest BCUT2D eigenvalue weighted by molar-refractivity contribution is 0.0954.